The summed E-state index contributed by atoms with van der Waals surface area (Å²) >= 11 is 12.8. The number of rotatable bonds is 3. The van der Waals surface area contributed by atoms with E-state index in [0.717, 1.165) is 0 Å². The first kappa shape index (κ1) is 24.1. The van der Waals surface area contributed by atoms with E-state index in [4.69, 9.17) is 29.6 Å². The summed E-state index contributed by atoms with van der Waals surface area (Å²) in [6, 6.07) is 18.4. The second kappa shape index (κ2) is 8.96. The average Bonchev–Trinajstić information content (AvgIpc) is 3.51. The maximum absolute atomic E-state index is 14.6. The molecule has 2 aliphatic heterocycles. The van der Waals surface area contributed by atoms with Gasteiger partial charge in [-0.25, -0.2) is 0 Å². The zero-order valence-corrected chi connectivity index (χ0v) is 21.6. The van der Waals surface area contributed by atoms with Crippen LogP contribution in [-0.4, -0.2) is 22.8 Å². The van der Waals surface area contributed by atoms with E-state index in [1.807, 2.05) is 35.2 Å². The summed E-state index contributed by atoms with van der Waals surface area (Å²) in [7, 11) is 0. The molecule has 2 aromatic carbocycles. The van der Waals surface area contributed by atoms with E-state index in [0.29, 0.717) is 56.9 Å². The standard InChI is InChI=1S/C30H20Cl2N4O2/c1-2-12-35-24-9-4-3-8-22(24)30(29(35)38)23(18-33)28(34-13-5-6-14-34)36(21-16-19(31)15-20(32)17-21)25-10-7-11-26(37)27(25)30/h1,3-6,8-9,13-17H,7,10-12H2/t30-/m1/s1. The van der Waals surface area contributed by atoms with Gasteiger partial charge in [0.1, 0.15) is 17.3 Å². The van der Waals surface area contributed by atoms with E-state index in [-0.39, 0.29) is 24.3 Å². The van der Waals surface area contributed by atoms with E-state index >= 15 is 0 Å². The van der Waals surface area contributed by atoms with E-state index in [9.17, 15) is 14.9 Å². The largest absolute Gasteiger partial charge is 0.309 e. The predicted octanol–water partition coefficient (Wildman–Crippen LogP) is 5.93. The Morgan fingerprint density at radius 2 is 1.71 bits per heavy atom. The summed E-state index contributed by atoms with van der Waals surface area (Å²) in [6.07, 6.45) is 10.7. The van der Waals surface area contributed by atoms with Crippen LogP contribution in [0.1, 0.15) is 24.8 Å². The second-order valence-electron chi connectivity index (χ2n) is 9.32. The highest BCUT2D eigenvalue weighted by molar-refractivity contribution is 6.35. The van der Waals surface area contributed by atoms with Crippen molar-refractivity contribution in [2.75, 3.05) is 16.3 Å². The van der Waals surface area contributed by atoms with Crippen molar-refractivity contribution >= 4 is 52.1 Å². The van der Waals surface area contributed by atoms with Crippen LogP contribution in [0.4, 0.5) is 11.4 Å². The molecule has 1 amide bonds. The molecule has 1 aliphatic carbocycles. The highest BCUT2D eigenvalue weighted by Crippen LogP contribution is 2.58. The molecule has 1 aromatic heterocycles. The van der Waals surface area contributed by atoms with Gasteiger partial charge in [-0.1, -0.05) is 47.3 Å². The fourth-order valence-electron chi connectivity index (χ4n) is 5.99. The highest BCUT2D eigenvalue weighted by Gasteiger charge is 2.62. The zero-order valence-electron chi connectivity index (χ0n) is 20.1. The lowest BCUT2D eigenvalue weighted by molar-refractivity contribution is -0.124. The Morgan fingerprint density at radius 1 is 1.00 bits per heavy atom. The minimum Gasteiger partial charge on any atom is -0.309 e. The molecular weight excluding hydrogens is 519 g/mol. The number of allylic oxidation sites excluding steroid dienone is 1. The minimum absolute atomic E-state index is 0.0135. The lowest BCUT2D eigenvalue weighted by Crippen LogP contribution is -2.51. The Morgan fingerprint density at radius 3 is 2.39 bits per heavy atom. The van der Waals surface area contributed by atoms with Gasteiger partial charge in [-0.15, -0.1) is 6.42 Å². The van der Waals surface area contributed by atoms with Crippen molar-refractivity contribution in [3.8, 4) is 18.4 Å². The predicted molar refractivity (Wildman–Crippen MR) is 147 cm³/mol. The molecular formula is C30H20Cl2N4O2. The molecule has 3 aliphatic rings. The second-order valence-corrected chi connectivity index (χ2v) is 10.2. The maximum Gasteiger partial charge on any atom is 0.248 e. The van der Waals surface area contributed by atoms with Crippen LogP contribution in [-0.2, 0) is 15.0 Å². The molecule has 186 valence electrons. The van der Waals surface area contributed by atoms with Crippen molar-refractivity contribution < 1.29 is 9.59 Å². The number of terminal acetylenes is 1. The van der Waals surface area contributed by atoms with Gasteiger partial charge in [0, 0.05) is 51.4 Å². The molecule has 0 bridgehead atoms. The number of carbonyl (C=O) groups is 2. The number of Topliss-reactive ketones (excluding diaryl/α,β-unsaturated/α-hetero) is 1. The van der Waals surface area contributed by atoms with Crippen LogP contribution >= 0.6 is 23.2 Å². The van der Waals surface area contributed by atoms with Gasteiger partial charge >= 0.3 is 0 Å². The highest BCUT2D eigenvalue weighted by atomic mass is 35.5. The molecule has 0 saturated heterocycles. The first-order chi connectivity index (χ1) is 18.4. The molecule has 3 heterocycles. The quantitative estimate of drug-likeness (QED) is 0.387. The van der Waals surface area contributed by atoms with Crippen LogP contribution in [0.5, 0.6) is 0 Å². The van der Waals surface area contributed by atoms with Gasteiger partial charge in [0.05, 0.1) is 17.8 Å². The van der Waals surface area contributed by atoms with Gasteiger partial charge in [0.15, 0.2) is 5.78 Å². The number of para-hydroxylation sites is 1. The first-order valence-corrected chi connectivity index (χ1v) is 12.8. The molecule has 6 nitrogen and oxygen atoms in total. The SMILES string of the molecule is C#CCN1C(=O)[C@@]2(C(C#N)=C(n3cccc3)N(c3cc(Cl)cc(Cl)c3)C3=C2C(=O)CCC3)c2ccccc21. The van der Waals surface area contributed by atoms with Gasteiger partial charge in [-0.3, -0.25) is 19.4 Å². The number of hydrogen-bond donors (Lipinski definition) is 0. The number of aromatic nitrogens is 1. The third-order valence-electron chi connectivity index (χ3n) is 7.32. The van der Waals surface area contributed by atoms with Crippen LogP contribution in [0.25, 0.3) is 5.82 Å². The maximum atomic E-state index is 14.6. The number of anilines is 2. The number of halogens is 2. The van der Waals surface area contributed by atoms with E-state index < -0.39 is 11.3 Å². The Bertz CT molecular complexity index is 1650. The van der Waals surface area contributed by atoms with Crippen molar-refractivity contribution in [3.63, 3.8) is 0 Å². The third-order valence-corrected chi connectivity index (χ3v) is 7.76. The molecule has 8 heteroatoms. The van der Waals surface area contributed by atoms with Crippen molar-refractivity contribution in [2.45, 2.75) is 24.7 Å². The van der Waals surface area contributed by atoms with Crippen molar-refractivity contribution in [1.82, 2.24) is 4.57 Å². The van der Waals surface area contributed by atoms with Gasteiger partial charge < -0.3 is 4.57 Å². The molecule has 3 aromatic rings. The van der Waals surface area contributed by atoms with Gasteiger partial charge in [0.25, 0.3) is 0 Å². The molecule has 38 heavy (non-hydrogen) atoms. The number of hydrogen-bond acceptors (Lipinski definition) is 4. The number of amides is 1. The fourth-order valence-corrected chi connectivity index (χ4v) is 6.51. The molecule has 1 spiro atoms. The van der Waals surface area contributed by atoms with Crippen LogP contribution in [0.15, 0.2) is 83.8 Å². The van der Waals surface area contributed by atoms with E-state index in [2.05, 4.69) is 12.0 Å². The van der Waals surface area contributed by atoms with Crippen molar-refractivity contribution in [1.29, 1.82) is 5.26 Å². The van der Waals surface area contributed by atoms with Crippen molar-refractivity contribution in [2.24, 2.45) is 0 Å². The molecule has 0 fully saturated rings. The van der Waals surface area contributed by atoms with E-state index in [1.54, 1.807) is 41.2 Å². The summed E-state index contributed by atoms with van der Waals surface area (Å²) in [5, 5.41) is 11.7. The van der Waals surface area contributed by atoms with E-state index in [1.165, 1.54) is 4.90 Å². The Hall–Kier alpha value is -4.23. The normalized spacial score (nSPS) is 20.5. The number of fused-ring (bicyclic) bond motifs is 3. The van der Waals surface area contributed by atoms with Crippen LogP contribution in [0.3, 0.4) is 0 Å². The van der Waals surface area contributed by atoms with Crippen LogP contribution in [0.2, 0.25) is 10.0 Å². The molecule has 0 radical (unpaired) electrons. The molecule has 0 unspecified atom stereocenters. The minimum atomic E-state index is -1.63. The Kier molecular flexibility index (Phi) is 5.69. The lowest BCUT2D eigenvalue weighted by atomic mass is 9.63. The molecule has 1 atom stereocenters. The first-order valence-electron chi connectivity index (χ1n) is 12.1. The van der Waals surface area contributed by atoms with Gasteiger partial charge in [-0.05, 0) is 49.2 Å². The molecule has 0 N–H and O–H groups in total. The lowest BCUT2D eigenvalue weighted by Gasteiger charge is -2.45. The summed E-state index contributed by atoms with van der Waals surface area (Å²) in [5.74, 6) is 2.43. The van der Waals surface area contributed by atoms with Crippen LogP contribution < -0.4 is 9.80 Å². The summed E-state index contributed by atoms with van der Waals surface area (Å²) in [4.78, 5) is 31.8. The average molecular weight is 539 g/mol. The Balaban J connectivity index is 1.79. The zero-order chi connectivity index (χ0) is 26.6. The monoisotopic (exact) mass is 538 g/mol. The van der Waals surface area contributed by atoms with Crippen molar-refractivity contribution in [3.05, 3.63) is 99.4 Å². The number of nitriles is 1. The summed E-state index contributed by atoms with van der Waals surface area (Å²) in [6.45, 7) is 0.0135. The van der Waals surface area contributed by atoms with Gasteiger partial charge in [0.2, 0.25) is 5.91 Å². The topological polar surface area (TPSA) is 69.3 Å². The fraction of sp³-hybridized carbons (Fsp3) is 0.167. The number of ketones is 1. The number of carbonyl (C=O) groups excluding carboxylic acids is 2. The number of benzene rings is 2. The third kappa shape index (κ3) is 3.21. The molecule has 0 saturated carbocycles. The van der Waals surface area contributed by atoms with Gasteiger partial charge in [-0.2, -0.15) is 5.26 Å². The smallest absolute Gasteiger partial charge is 0.248 e. The summed E-state index contributed by atoms with van der Waals surface area (Å²) < 4.78 is 1.79. The van der Waals surface area contributed by atoms with Crippen LogP contribution in [0, 0.1) is 23.7 Å². The molecule has 6 rings (SSSR count). The number of nitrogens with zero attached hydrogens (tertiary/aromatic N) is 4. The Labute approximate surface area is 230 Å². The summed E-state index contributed by atoms with van der Waals surface area (Å²) in [5.41, 5.74) is 1.23.